The molecule has 10 nitrogen and oxygen atoms in total. The molecule has 0 spiro atoms. The molecule has 0 bridgehead atoms. The number of benzene rings is 2. The van der Waals surface area contributed by atoms with Crippen LogP contribution in [0.1, 0.15) is 18.5 Å². The summed E-state index contributed by atoms with van der Waals surface area (Å²) in [5.74, 6) is -1.43. The first kappa shape index (κ1) is 24.1. The fraction of sp³-hybridized carbons (Fsp3) is 0.423. The molecule has 2 aromatic carbocycles. The molecule has 36 heavy (non-hydrogen) atoms. The van der Waals surface area contributed by atoms with Crippen molar-refractivity contribution in [1.29, 1.82) is 0 Å². The molecule has 0 aliphatic carbocycles. The molecule has 0 saturated carbocycles. The molecule has 1 N–H and O–H groups in total. The Kier molecular flexibility index (Phi) is 6.80. The molecule has 5 rings (SSSR count). The molecule has 2 atom stereocenters. The van der Waals surface area contributed by atoms with Crippen LogP contribution in [0.4, 0.5) is 5.95 Å². The van der Waals surface area contributed by atoms with E-state index in [2.05, 4.69) is 4.90 Å². The number of phenolic OH excluding ortho intramolecular Hbond substituents is 1. The molecule has 0 unspecified atom stereocenters. The highest BCUT2D eigenvalue weighted by atomic mass is 16.5. The largest absolute Gasteiger partial charge is 0.504 e. The first-order valence-electron chi connectivity index (χ1n) is 12.2. The Morgan fingerprint density at radius 2 is 1.94 bits per heavy atom. The highest BCUT2D eigenvalue weighted by Crippen LogP contribution is 2.43. The van der Waals surface area contributed by atoms with Gasteiger partial charge in [-0.3, -0.25) is 19.4 Å². The summed E-state index contributed by atoms with van der Waals surface area (Å²) in [6.45, 7) is 5.74. The Balaban J connectivity index is 1.64. The SMILES string of the molecule is CCOC(=O)[C@H]1C(=O)N(CCN2CCOCC2)c2nc3ccccc3n2[C@H]1c1ccc(OC)c(O)c1. The molecule has 0 radical (unpaired) electrons. The van der Waals surface area contributed by atoms with Gasteiger partial charge in [-0.25, -0.2) is 4.98 Å². The number of rotatable bonds is 7. The zero-order chi connectivity index (χ0) is 25.2. The molecule has 1 aromatic heterocycles. The van der Waals surface area contributed by atoms with Crippen LogP contribution in [0.3, 0.4) is 0 Å². The number of nitrogens with zero attached hydrogens (tertiary/aromatic N) is 4. The normalized spacial score (nSPS) is 20.4. The molecule has 2 aliphatic rings. The zero-order valence-electron chi connectivity index (χ0n) is 20.4. The van der Waals surface area contributed by atoms with Crippen molar-refractivity contribution in [3.8, 4) is 11.5 Å². The van der Waals surface area contributed by atoms with Gasteiger partial charge in [0.1, 0.15) is 0 Å². The van der Waals surface area contributed by atoms with Crippen LogP contribution >= 0.6 is 0 Å². The third-order valence-electron chi connectivity index (χ3n) is 6.77. The van der Waals surface area contributed by atoms with Gasteiger partial charge in [0, 0.05) is 26.2 Å². The molecule has 3 heterocycles. The van der Waals surface area contributed by atoms with Gasteiger partial charge in [-0.1, -0.05) is 18.2 Å². The average Bonchev–Trinajstić information content (AvgIpc) is 3.27. The lowest BCUT2D eigenvalue weighted by atomic mass is 9.89. The number of aromatic hydroxyl groups is 1. The van der Waals surface area contributed by atoms with Crippen LogP contribution in [0.5, 0.6) is 11.5 Å². The van der Waals surface area contributed by atoms with E-state index in [1.165, 1.54) is 13.2 Å². The lowest BCUT2D eigenvalue weighted by Gasteiger charge is -2.39. The molecular formula is C26H30N4O6. The number of hydrogen-bond acceptors (Lipinski definition) is 8. The number of esters is 1. The summed E-state index contributed by atoms with van der Waals surface area (Å²) >= 11 is 0. The highest BCUT2D eigenvalue weighted by Gasteiger charge is 2.48. The third kappa shape index (κ3) is 4.27. The van der Waals surface area contributed by atoms with E-state index in [9.17, 15) is 14.7 Å². The third-order valence-corrected chi connectivity index (χ3v) is 6.77. The predicted octanol–water partition coefficient (Wildman–Crippen LogP) is 2.20. The number of imidazole rings is 1. The van der Waals surface area contributed by atoms with Crippen LogP contribution in [-0.4, -0.2) is 84.5 Å². The van der Waals surface area contributed by atoms with Crippen LogP contribution in [0.25, 0.3) is 11.0 Å². The Labute approximate surface area is 209 Å². The summed E-state index contributed by atoms with van der Waals surface area (Å²) in [5.41, 5.74) is 2.08. The number of aromatic nitrogens is 2. The number of amides is 1. The lowest BCUT2D eigenvalue weighted by Crippen LogP contribution is -2.52. The number of hydrogen-bond donors (Lipinski definition) is 1. The van der Waals surface area contributed by atoms with Crippen molar-refractivity contribution in [2.24, 2.45) is 5.92 Å². The molecule has 1 saturated heterocycles. The van der Waals surface area contributed by atoms with Crippen LogP contribution in [0.2, 0.25) is 0 Å². The Bertz CT molecular complexity index is 1270. The monoisotopic (exact) mass is 494 g/mol. The van der Waals surface area contributed by atoms with Gasteiger partial charge in [0.15, 0.2) is 17.4 Å². The van der Waals surface area contributed by atoms with E-state index < -0.39 is 17.9 Å². The fourth-order valence-electron chi connectivity index (χ4n) is 5.02. The van der Waals surface area contributed by atoms with E-state index in [4.69, 9.17) is 19.2 Å². The van der Waals surface area contributed by atoms with E-state index in [1.54, 1.807) is 24.0 Å². The van der Waals surface area contributed by atoms with E-state index in [1.807, 2.05) is 28.8 Å². The van der Waals surface area contributed by atoms with Crippen molar-refractivity contribution in [3.05, 3.63) is 48.0 Å². The summed E-state index contributed by atoms with van der Waals surface area (Å²) in [6.07, 6.45) is 0. The van der Waals surface area contributed by atoms with Crippen LogP contribution < -0.4 is 9.64 Å². The van der Waals surface area contributed by atoms with Gasteiger partial charge in [-0.15, -0.1) is 0 Å². The minimum absolute atomic E-state index is 0.0780. The summed E-state index contributed by atoms with van der Waals surface area (Å²) < 4.78 is 18.0. The average molecular weight is 495 g/mol. The van der Waals surface area contributed by atoms with Crippen molar-refractivity contribution in [1.82, 2.24) is 14.5 Å². The molecule has 1 fully saturated rings. The molecule has 190 valence electrons. The maximum atomic E-state index is 14.0. The first-order chi connectivity index (χ1) is 17.5. The molecule has 10 heteroatoms. The summed E-state index contributed by atoms with van der Waals surface area (Å²) in [7, 11) is 1.47. The van der Waals surface area contributed by atoms with Gasteiger partial charge in [-0.2, -0.15) is 0 Å². The molecule has 2 aliphatic heterocycles. The number of phenols is 1. The van der Waals surface area contributed by atoms with Gasteiger partial charge < -0.3 is 23.9 Å². The minimum atomic E-state index is -1.15. The van der Waals surface area contributed by atoms with Crippen molar-refractivity contribution < 1.29 is 28.9 Å². The number of para-hydroxylation sites is 2. The number of ether oxygens (including phenoxy) is 3. The van der Waals surface area contributed by atoms with Crippen molar-refractivity contribution >= 4 is 28.9 Å². The molecule has 3 aromatic rings. The minimum Gasteiger partial charge on any atom is -0.504 e. The predicted molar refractivity (Wildman–Crippen MR) is 132 cm³/mol. The van der Waals surface area contributed by atoms with Gasteiger partial charge in [0.25, 0.3) is 0 Å². The van der Waals surface area contributed by atoms with Crippen LogP contribution in [0.15, 0.2) is 42.5 Å². The number of anilines is 1. The molecular weight excluding hydrogens is 464 g/mol. The van der Waals surface area contributed by atoms with Crippen LogP contribution in [-0.2, 0) is 19.1 Å². The lowest BCUT2D eigenvalue weighted by molar-refractivity contribution is -0.153. The Morgan fingerprint density at radius 3 is 2.67 bits per heavy atom. The Morgan fingerprint density at radius 1 is 1.17 bits per heavy atom. The van der Waals surface area contributed by atoms with E-state index in [0.29, 0.717) is 49.1 Å². The van der Waals surface area contributed by atoms with E-state index in [-0.39, 0.29) is 18.3 Å². The number of morpholine rings is 1. The second-order valence-electron chi connectivity index (χ2n) is 8.82. The Hall–Kier alpha value is -3.63. The maximum Gasteiger partial charge on any atom is 0.321 e. The standard InChI is InChI=1S/C26H30N4O6/c1-3-36-25(33)22-23(17-8-9-21(34-2)20(31)16-17)30-19-7-5-4-6-18(19)27-26(30)29(24(22)32)11-10-28-12-14-35-15-13-28/h4-9,16,22-23,31H,3,10-15H2,1-2H3/t22-,23+/m1/s1. The van der Waals surface area contributed by atoms with Crippen LogP contribution in [0, 0.1) is 5.92 Å². The zero-order valence-corrected chi connectivity index (χ0v) is 20.4. The van der Waals surface area contributed by atoms with Gasteiger partial charge >= 0.3 is 5.97 Å². The van der Waals surface area contributed by atoms with Gasteiger partial charge in [0.05, 0.1) is 44.0 Å². The van der Waals surface area contributed by atoms with Crippen molar-refractivity contribution in [2.45, 2.75) is 13.0 Å². The second-order valence-corrected chi connectivity index (χ2v) is 8.82. The maximum absolute atomic E-state index is 14.0. The summed E-state index contributed by atoms with van der Waals surface area (Å²) in [5, 5.41) is 10.5. The van der Waals surface area contributed by atoms with Crippen molar-refractivity contribution in [2.75, 3.05) is 58.0 Å². The van der Waals surface area contributed by atoms with Gasteiger partial charge in [0.2, 0.25) is 11.9 Å². The van der Waals surface area contributed by atoms with E-state index in [0.717, 1.165) is 18.6 Å². The fourth-order valence-corrected chi connectivity index (χ4v) is 5.02. The highest BCUT2D eigenvalue weighted by molar-refractivity contribution is 6.08. The van der Waals surface area contributed by atoms with Crippen molar-refractivity contribution in [3.63, 3.8) is 0 Å². The summed E-state index contributed by atoms with van der Waals surface area (Å²) in [4.78, 5) is 35.9. The number of fused-ring (bicyclic) bond motifs is 3. The van der Waals surface area contributed by atoms with E-state index >= 15 is 0 Å². The topological polar surface area (TPSA) is 106 Å². The quantitative estimate of drug-likeness (QED) is 0.394. The number of methoxy groups -OCH3 is 1. The summed E-state index contributed by atoms with van der Waals surface area (Å²) in [6, 6.07) is 11.7. The van der Waals surface area contributed by atoms with Gasteiger partial charge in [-0.05, 0) is 36.8 Å². The molecule has 1 amide bonds. The number of carbonyl (C=O) groups excluding carboxylic acids is 2. The first-order valence-corrected chi connectivity index (χ1v) is 12.2. The second kappa shape index (κ2) is 10.2. The number of carbonyl (C=O) groups is 2. The smallest absolute Gasteiger partial charge is 0.321 e.